The molecule has 3 nitrogen and oxygen atoms in total. The molecule has 0 N–H and O–H groups in total. The van der Waals surface area contributed by atoms with Gasteiger partial charge in [-0.25, -0.2) is 4.79 Å². The molecule has 0 radical (unpaired) electrons. The lowest BCUT2D eigenvalue weighted by atomic mass is 9.91. The highest BCUT2D eigenvalue weighted by molar-refractivity contribution is 5.88. The van der Waals surface area contributed by atoms with Gasteiger partial charge < -0.3 is 9.47 Å². The number of carbonyl (C=O) groups is 1. The van der Waals surface area contributed by atoms with Crippen molar-refractivity contribution in [3.63, 3.8) is 0 Å². The number of rotatable bonds is 12. The van der Waals surface area contributed by atoms with Crippen molar-refractivity contribution in [2.75, 3.05) is 13.2 Å². The Kier molecular flexibility index (Phi) is 12.6. The summed E-state index contributed by atoms with van der Waals surface area (Å²) in [7, 11) is 0. The fraction of sp³-hybridized carbons (Fsp3) is 0.654. The van der Waals surface area contributed by atoms with Gasteiger partial charge >= 0.3 is 5.97 Å². The molecule has 0 unspecified atom stereocenters. The molecule has 164 valence electrons. The third kappa shape index (κ3) is 11.2. The van der Waals surface area contributed by atoms with Gasteiger partial charge in [-0.05, 0) is 91.9 Å². The predicted octanol–water partition coefficient (Wildman–Crippen LogP) is 7.10. The summed E-state index contributed by atoms with van der Waals surface area (Å²) in [4.78, 5) is 11.8. The van der Waals surface area contributed by atoms with Crippen LogP contribution in [0.4, 0.5) is 0 Å². The van der Waals surface area contributed by atoms with Crippen LogP contribution in [0.2, 0.25) is 0 Å². The molecule has 0 spiro atoms. The molecule has 1 fully saturated rings. The van der Waals surface area contributed by atoms with Crippen LogP contribution in [0.25, 0.3) is 0 Å². The van der Waals surface area contributed by atoms with E-state index >= 15 is 0 Å². The molecular weight excluding hydrogens is 360 g/mol. The van der Waals surface area contributed by atoms with Crippen molar-refractivity contribution in [2.45, 2.75) is 92.1 Å². The second-order valence-electron chi connectivity index (χ2n) is 8.55. The maximum atomic E-state index is 11.8. The van der Waals surface area contributed by atoms with Gasteiger partial charge in [-0.1, -0.05) is 41.5 Å². The number of esters is 1. The Hall–Kier alpha value is -1.61. The second-order valence-corrected chi connectivity index (χ2v) is 8.55. The van der Waals surface area contributed by atoms with Crippen LogP contribution in [0.5, 0.6) is 0 Å². The van der Waals surface area contributed by atoms with E-state index in [1.54, 1.807) is 0 Å². The van der Waals surface area contributed by atoms with Gasteiger partial charge in [0.1, 0.15) is 0 Å². The van der Waals surface area contributed by atoms with Gasteiger partial charge in [0.05, 0.1) is 24.9 Å². The summed E-state index contributed by atoms with van der Waals surface area (Å²) in [6, 6.07) is 0. The lowest BCUT2D eigenvalue weighted by Crippen LogP contribution is -2.30. The van der Waals surface area contributed by atoms with Gasteiger partial charge in [0.15, 0.2) is 0 Å². The fourth-order valence-electron chi connectivity index (χ4n) is 3.57. The van der Waals surface area contributed by atoms with E-state index in [1.165, 1.54) is 23.1 Å². The van der Waals surface area contributed by atoms with Gasteiger partial charge in [-0.15, -0.1) is 0 Å². The average Bonchev–Trinajstić information content (AvgIpc) is 2.68. The zero-order valence-corrected chi connectivity index (χ0v) is 19.4. The fourth-order valence-corrected chi connectivity index (χ4v) is 3.57. The maximum Gasteiger partial charge on any atom is 0.336 e. The van der Waals surface area contributed by atoms with E-state index in [2.05, 4.69) is 52.5 Å². The smallest absolute Gasteiger partial charge is 0.336 e. The summed E-state index contributed by atoms with van der Waals surface area (Å²) in [6.45, 7) is 15.5. The van der Waals surface area contributed by atoms with Crippen molar-refractivity contribution in [3.05, 3.63) is 47.1 Å². The molecule has 0 aromatic heterocycles. The van der Waals surface area contributed by atoms with Gasteiger partial charge in [-0.2, -0.15) is 0 Å². The normalized spacial score (nSPS) is 20.3. The monoisotopic (exact) mass is 402 g/mol. The molecule has 0 aromatic carbocycles. The SMILES string of the molecule is C=C(C(=O)OCC)[C@H]1CC[C@H](CC/C=C(\C)CC/C=C(\C)CCC=C(C)C)CO1. The van der Waals surface area contributed by atoms with Crippen LogP contribution in [0.15, 0.2) is 47.1 Å². The lowest BCUT2D eigenvalue weighted by Gasteiger charge is -2.29. The molecule has 1 aliphatic heterocycles. The van der Waals surface area contributed by atoms with Crippen molar-refractivity contribution < 1.29 is 14.3 Å². The van der Waals surface area contributed by atoms with Crippen LogP contribution in [-0.2, 0) is 14.3 Å². The van der Waals surface area contributed by atoms with Crippen LogP contribution >= 0.6 is 0 Å². The zero-order valence-electron chi connectivity index (χ0n) is 19.4. The Morgan fingerprint density at radius 2 is 1.62 bits per heavy atom. The molecular formula is C26H42O3. The van der Waals surface area contributed by atoms with Crippen LogP contribution in [-0.4, -0.2) is 25.3 Å². The van der Waals surface area contributed by atoms with Crippen LogP contribution in [0.3, 0.4) is 0 Å². The van der Waals surface area contributed by atoms with Crippen molar-refractivity contribution in [2.24, 2.45) is 5.92 Å². The summed E-state index contributed by atoms with van der Waals surface area (Å²) >= 11 is 0. The molecule has 0 bridgehead atoms. The van der Waals surface area contributed by atoms with E-state index in [0.29, 0.717) is 24.7 Å². The minimum Gasteiger partial charge on any atom is -0.463 e. The first-order chi connectivity index (χ1) is 13.8. The molecule has 1 rings (SSSR count). The highest BCUT2D eigenvalue weighted by atomic mass is 16.5. The first kappa shape index (κ1) is 25.4. The molecule has 1 aliphatic rings. The quantitative estimate of drug-likeness (QED) is 0.198. The molecule has 0 aromatic rings. The zero-order chi connectivity index (χ0) is 21.6. The van der Waals surface area contributed by atoms with E-state index in [9.17, 15) is 4.79 Å². The lowest BCUT2D eigenvalue weighted by molar-refractivity contribution is -0.140. The Bertz CT molecular complexity index is 597. The summed E-state index contributed by atoms with van der Waals surface area (Å²) in [5, 5.41) is 0. The van der Waals surface area contributed by atoms with Crippen molar-refractivity contribution >= 4 is 5.97 Å². The molecule has 0 aliphatic carbocycles. The number of allylic oxidation sites excluding steroid dienone is 6. The van der Waals surface area contributed by atoms with Gasteiger partial charge in [0, 0.05) is 0 Å². The summed E-state index contributed by atoms with van der Waals surface area (Å²) in [5.74, 6) is 0.248. The van der Waals surface area contributed by atoms with Crippen molar-refractivity contribution in [1.82, 2.24) is 0 Å². The molecule has 0 amide bonds. The molecule has 3 heteroatoms. The molecule has 29 heavy (non-hydrogen) atoms. The highest BCUT2D eigenvalue weighted by Gasteiger charge is 2.27. The molecule has 1 saturated heterocycles. The van der Waals surface area contributed by atoms with E-state index in [-0.39, 0.29) is 12.1 Å². The highest BCUT2D eigenvalue weighted by Crippen LogP contribution is 2.27. The minimum absolute atomic E-state index is 0.172. The Balaban J connectivity index is 2.23. The number of hydrogen-bond donors (Lipinski definition) is 0. The average molecular weight is 403 g/mol. The van der Waals surface area contributed by atoms with Gasteiger partial charge in [0.25, 0.3) is 0 Å². The molecule has 0 saturated carbocycles. The van der Waals surface area contributed by atoms with Gasteiger partial charge in [0.2, 0.25) is 0 Å². The molecule has 1 heterocycles. The summed E-state index contributed by atoms with van der Waals surface area (Å²) in [5.41, 5.74) is 4.84. The van der Waals surface area contributed by atoms with E-state index < -0.39 is 0 Å². The summed E-state index contributed by atoms with van der Waals surface area (Å²) in [6.07, 6.45) is 15.7. The van der Waals surface area contributed by atoms with Crippen molar-refractivity contribution in [3.8, 4) is 0 Å². The first-order valence-corrected chi connectivity index (χ1v) is 11.3. The Morgan fingerprint density at radius 3 is 2.17 bits per heavy atom. The molecule has 2 atom stereocenters. The number of ether oxygens (including phenoxy) is 2. The predicted molar refractivity (Wildman–Crippen MR) is 123 cm³/mol. The first-order valence-electron chi connectivity index (χ1n) is 11.3. The summed E-state index contributed by atoms with van der Waals surface area (Å²) < 4.78 is 10.9. The van der Waals surface area contributed by atoms with Crippen molar-refractivity contribution in [1.29, 1.82) is 0 Å². The maximum absolute atomic E-state index is 11.8. The largest absolute Gasteiger partial charge is 0.463 e. The third-order valence-corrected chi connectivity index (χ3v) is 5.49. The van der Waals surface area contributed by atoms with Crippen LogP contribution < -0.4 is 0 Å². The van der Waals surface area contributed by atoms with Gasteiger partial charge in [-0.3, -0.25) is 0 Å². The van der Waals surface area contributed by atoms with Crippen LogP contribution in [0.1, 0.15) is 86.0 Å². The Labute approximate surface area is 178 Å². The number of carbonyl (C=O) groups excluding carboxylic acids is 1. The van der Waals surface area contributed by atoms with E-state index in [0.717, 1.165) is 44.9 Å². The Morgan fingerprint density at radius 1 is 1.00 bits per heavy atom. The second kappa shape index (κ2) is 14.4. The van der Waals surface area contributed by atoms with E-state index in [1.807, 2.05) is 6.92 Å². The number of hydrogen-bond acceptors (Lipinski definition) is 3. The standard InChI is InChI=1S/C26H42O3/c1-7-28-26(27)23(6)25-18-17-24(19-29-25)16-10-15-22(5)14-9-13-21(4)12-8-11-20(2)3/h11,13,15,24-25H,6-10,12,14,16-19H2,1-5H3/b21-13+,22-15+/t24-,25+/m0/s1. The third-order valence-electron chi connectivity index (χ3n) is 5.49. The minimum atomic E-state index is -0.323. The van der Waals surface area contributed by atoms with E-state index in [4.69, 9.17) is 9.47 Å². The topological polar surface area (TPSA) is 35.5 Å². The van der Waals surface area contributed by atoms with Crippen LogP contribution in [0, 0.1) is 5.92 Å².